The molecule has 1 aliphatic heterocycles. The molecule has 1 aromatic heterocycles. The van der Waals surface area contributed by atoms with Gasteiger partial charge in [0, 0.05) is 23.9 Å². The average molecular weight is 357 g/mol. The fourth-order valence-corrected chi connectivity index (χ4v) is 3.01. The molecule has 2 N–H and O–H groups in total. The molecule has 2 aromatic carbocycles. The van der Waals surface area contributed by atoms with E-state index in [-0.39, 0.29) is 11.9 Å². The molecule has 0 fully saturated rings. The summed E-state index contributed by atoms with van der Waals surface area (Å²) in [5.41, 5.74) is 3.33. The zero-order valence-corrected chi connectivity index (χ0v) is 14.8. The molecule has 6 heteroatoms. The second-order valence-electron chi connectivity index (χ2n) is 6.31. The minimum absolute atomic E-state index is 0.0260. The maximum absolute atomic E-state index is 12.7. The lowest BCUT2D eigenvalue weighted by molar-refractivity contribution is -0.112. The Bertz CT molecular complexity index is 1020. The van der Waals surface area contributed by atoms with E-state index in [1.807, 2.05) is 78.5 Å². The third-order valence-electron chi connectivity index (χ3n) is 4.40. The van der Waals surface area contributed by atoms with Crippen molar-refractivity contribution in [2.24, 2.45) is 7.05 Å². The number of carbonyl (C=O) groups is 1. The van der Waals surface area contributed by atoms with Gasteiger partial charge in [-0.05, 0) is 36.0 Å². The number of hydrogen-bond acceptors (Lipinski definition) is 4. The van der Waals surface area contributed by atoms with Crippen LogP contribution < -0.4 is 10.6 Å². The van der Waals surface area contributed by atoms with Gasteiger partial charge in [-0.15, -0.1) is 10.2 Å². The second kappa shape index (κ2) is 7.29. The molecule has 0 saturated heterocycles. The largest absolute Gasteiger partial charge is 0.381 e. The van der Waals surface area contributed by atoms with E-state index in [0.717, 1.165) is 17.0 Å². The van der Waals surface area contributed by atoms with Gasteiger partial charge in [0.05, 0.1) is 6.04 Å². The molecule has 27 heavy (non-hydrogen) atoms. The third-order valence-corrected chi connectivity index (χ3v) is 4.40. The molecule has 0 radical (unpaired) electrons. The van der Waals surface area contributed by atoms with Gasteiger partial charge < -0.3 is 15.2 Å². The Hall–Kier alpha value is -3.67. The van der Waals surface area contributed by atoms with Crippen molar-refractivity contribution in [1.82, 2.24) is 20.1 Å². The lowest BCUT2D eigenvalue weighted by Gasteiger charge is -2.19. The number of aromatic nitrogens is 3. The first-order valence-electron chi connectivity index (χ1n) is 8.66. The van der Waals surface area contributed by atoms with Gasteiger partial charge in [0.15, 0.2) is 5.82 Å². The summed E-state index contributed by atoms with van der Waals surface area (Å²) in [6.45, 7) is 0. The predicted octanol–water partition coefficient (Wildman–Crippen LogP) is 3.21. The normalized spacial score (nSPS) is 15.7. The van der Waals surface area contributed by atoms with E-state index in [1.165, 1.54) is 0 Å². The summed E-state index contributed by atoms with van der Waals surface area (Å²) < 4.78 is 1.84. The Balaban J connectivity index is 1.53. The van der Waals surface area contributed by atoms with Gasteiger partial charge in [0.2, 0.25) is 0 Å². The monoisotopic (exact) mass is 357 g/mol. The maximum Gasteiger partial charge on any atom is 0.255 e. The number of nitrogens with zero attached hydrogens (tertiary/aromatic N) is 3. The highest BCUT2D eigenvalue weighted by Gasteiger charge is 2.16. The van der Waals surface area contributed by atoms with Crippen molar-refractivity contribution in [2.45, 2.75) is 6.04 Å². The highest BCUT2D eigenvalue weighted by atomic mass is 16.1. The second-order valence-corrected chi connectivity index (χ2v) is 6.31. The van der Waals surface area contributed by atoms with Crippen molar-refractivity contribution in [3.8, 4) is 11.4 Å². The molecule has 6 nitrogen and oxygen atoms in total. The standard InChI is InChI=1S/C21H19N5O/c1-26-14-23-25-20(26)16-8-5-9-18(12-16)24-21(27)17-10-11-22-19(13-17)15-6-3-2-4-7-15/h2-14,19,22H,1H3,(H,24,27). The fourth-order valence-electron chi connectivity index (χ4n) is 3.01. The molecule has 1 unspecified atom stereocenters. The lowest BCUT2D eigenvalue weighted by Crippen LogP contribution is -2.21. The lowest BCUT2D eigenvalue weighted by atomic mass is 10.0. The molecule has 0 saturated carbocycles. The molecule has 1 atom stereocenters. The Morgan fingerprint density at radius 2 is 2.00 bits per heavy atom. The van der Waals surface area contributed by atoms with Crippen molar-refractivity contribution in [3.63, 3.8) is 0 Å². The summed E-state index contributed by atoms with van der Waals surface area (Å²) in [5.74, 6) is 0.597. The molecule has 0 bridgehead atoms. The van der Waals surface area contributed by atoms with Crippen molar-refractivity contribution >= 4 is 11.6 Å². The highest BCUT2D eigenvalue weighted by molar-refractivity contribution is 6.06. The molecule has 3 aromatic rings. The van der Waals surface area contributed by atoms with Crippen LogP contribution >= 0.6 is 0 Å². The Kier molecular flexibility index (Phi) is 4.53. The molecule has 4 rings (SSSR count). The highest BCUT2D eigenvalue weighted by Crippen LogP contribution is 2.23. The quantitative estimate of drug-likeness (QED) is 0.752. The van der Waals surface area contributed by atoms with Gasteiger partial charge in [0.25, 0.3) is 5.91 Å². The van der Waals surface area contributed by atoms with Crippen LogP contribution in [0.25, 0.3) is 11.4 Å². The number of anilines is 1. The summed E-state index contributed by atoms with van der Waals surface area (Å²) in [4.78, 5) is 12.7. The van der Waals surface area contributed by atoms with Crippen LogP contribution in [0.5, 0.6) is 0 Å². The van der Waals surface area contributed by atoms with Crippen molar-refractivity contribution in [3.05, 3.63) is 90.4 Å². The molecular weight excluding hydrogens is 338 g/mol. The van der Waals surface area contributed by atoms with Gasteiger partial charge in [-0.2, -0.15) is 0 Å². The fraction of sp³-hybridized carbons (Fsp3) is 0.0952. The number of carbonyl (C=O) groups excluding carboxylic acids is 1. The first-order valence-corrected chi connectivity index (χ1v) is 8.66. The molecule has 2 heterocycles. The van der Waals surface area contributed by atoms with E-state index in [1.54, 1.807) is 12.4 Å². The third kappa shape index (κ3) is 3.64. The number of rotatable bonds is 4. The molecular formula is C21H19N5O. The minimum atomic E-state index is -0.149. The summed E-state index contributed by atoms with van der Waals surface area (Å²) in [6.07, 6.45) is 7.16. The van der Waals surface area contributed by atoms with Gasteiger partial charge in [-0.1, -0.05) is 42.5 Å². The number of aryl methyl sites for hydroxylation is 1. The van der Waals surface area contributed by atoms with Crippen LogP contribution in [0.15, 0.2) is 84.8 Å². The summed E-state index contributed by atoms with van der Waals surface area (Å²) in [6, 6.07) is 17.6. The maximum atomic E-state index is 12.7. The zero-order chi connectivity index (χ0) is 18.6. The van der Waals surface area contributed by atoms with Crippen LogP contribution in [0.2, 0.25) is 0 Å². The van der Waals surface area contributed by atoms with Crippen LogP contribution in [-0.2, 0) is 11.8 Å². The van der Waals surface area contributed by atoms with Crippen molar-refractivity contribution in [2.75, 3.05) is 5.32 Å². The van der Waals surface area contributed by atoms with Gasteiger partial charge in [-0.3, -0.25) is 4.79 Å². The van der Waals surface area contributed by atoms with Gasteiger partial charge in [-0.25, -0.2) is 0 Å². The summed E-state index contributed by atoms with van der Waals surface area (Å²) in [5, 5.41) is 14.2. The number of hydrogen-bond donors (Lipinski definition) is 2. The van der Waals surface area contributed by atoms with E-state index >= 15 is 0 Å². The van der Waals surface area contributed by atoms with Gasteiger partial charge >= 0.3 is 0 Å². The number of benzene rings is 2. The van der Waals surface area contributed by atoms with E-state index < -0.39 is 0 Å². The van der Waals surface area contributed by atoms with Gasteiger partial charge in [0.1, 0.15) is 6.33 Å². The minimum Gasteiger partial charge on any atom is -0.381 e. The molecule has 1 aliphatic rings. The topological polar surface area (TPSA) is 71.8 Å². The summed E-state index contributed by atoms with van der Waals surface area (Å²) in [7, 11) is 1.88. The van der Waals surface area contributed by atoms with Crippen LogP contribution in [-0.4, -0.2) is 20.7 Å². The average Bonchev–Trinajstić information content (AvgIpc) is 3.15. The number of amides is 1. The summed E-state index contributed by atoms with van der Waals surface area (Å²) >= 11 is 0. The molecule has 1 amide bonds. The molecule has 0 aliphatic carbocycles. The number of nitrogens with one attached hydrogen (secondary N) is 2. The predicted molar refractivity (Wildman–Crippen MR) is 105 cm³/mol. The SMILES string of the molecule is Cn1cnnc1-c1cccc(NC(=O)C2=CC(c3ccccc3)NC=C2)c1. The van der Waals surface area contributed by atoms with E-state index in [0.29, 0.717) is 11.3 Å². The first kappa shape index (κ1) is 16.8. The van der Waals surface area contributed by atoms with E-state index in [4.69, 9.17) is 0 Å². The number of dihydropyridines is 1. The molecule has 134 valence electrons. The zero-order valence-electron chi connectivity index (χ0n) is 14.8. The van der Waals surface area contributed by atoms with Crippen LogP contribution in [0.1, 0.15) is 11.6 Å². The Labute approximate surface area is 157 Å². The van der Waals surface area contributed by atoms with Crippen molar-refractivity contribution < 1.29 is 4.79 Å². The Morgan fingerprint density at radius 1 is 1.15 bits per heavy atom. The molecule has 0 spiro atoms. The first-order chi connectivity index (χ1) is 13.2. The van der Waals surface area contributed by atoms with E-state index in [9.17, 15) is 4.79 Å². The van der Waals surface area contributed by atoms with Crippen molar-refractivity contribution in [1.29, 1.82) is 0 Å². The smallest absolute Gasteiger partial charge is 0.255 e. The van der Waals surface area contributed by atoms with Crippen LogP contribution in [0.4, 0.5) is 5.69 Å². The van der Waals surface area contributed by atoms with Crippen LogP contribution in [0.3, 0.4) is 0 Å². The van der Waals surface area contributed by atoms with Crippen LogP contribution in [0, 0.1) is 0 Å². The Morgan fingerprint density at radius 3 is 2.78 bits per heavy atom. The van der Waals surface area contributed by atoms with E-state index in [2.05, 4.69) is 20.8 Å².